The lowest BCUT2D eigenvalue weighted by atomic mass is 10.1. The first kappa shape index (κ1) is 16.6. The van der Waals surface area contributed by atoms with Gasteiger partial charge >= 0.3 is 0 Å². The van der Waals surface area contributed by atoms with Crippen molar-refractivity contribution < 1.29 is 9.13 Å². The van der Waals surface area contributed by atoms with Crippen LogP contribution in [0.3, 0.4) is 0 Å². The Balaban J connectivity index is 2.00. The van der Waals surface area contributed by atoms with Crippen molar-refractivity contribution in [3.8, 4) is 17.7 Å². The Morgan fingerprint density at radius 3 is 2.60 bits per heavy atom. The predicted octanol–water partition coefficient (Wildman–Crippen LogP) is 4.54. The van der Waals surface area contributed by atoms with Crippen molar-refractivity contribution in [2.45, 2.75) is 20.4 Å². The lowest BCUT2D eigenvalue weighted by Gasteiger charge is -2.13. The zero-order valence-electron chi connectivity index (χ0n) is 14.1. The van der Waals surface area contributed by atoms with E-state index in [1.54, 1.807) is 22.8 Å². The summed E-state index contributed by atoms with van der Waals surface area (Å²) in [6, 6.07) is 15.6. The number of halogens is 1. The van der Waals surface area contributed by atoms with Crippen LogP contribution in [0, 0.1) is 31.0 Å². The molecule has 2 N–H and O–H groups in total. The fourth-order valence-electron chi connectivity index (χ4n) is 2.62. The lowest BCUT2D eigenvalue weighted by Crippen LogP contribution is -2.05. The molecule has 0 saturated heterocycles. The van der Waals surface area contributed by atoms with E-state index in [4.69, 9.17) is 10.5 Å². The molecule has 0 radical (unpaired) electrons. The van der Waals surface area contributed by atoms with Crippen molar-refractivity contribution in [1.82, 2.24) is 4.57 Å². The van der Waals surface area contributed by atoms with Crippen molar-refractivity contribution in [3.63, 3.8) is 0 Å². The highest BCUT2D eigenvalue weighted by Crippen LogP contribution is 2.32. The van der Waals surface area contributed by atoms with E-state index in [1.165, 1.54) is 12.1 Å². The second kappa shape index (κ2) is 6.70. The number of nitriles is 1. The van der Waals surface area contributed by atoms with Crippen molar-refractivity contribution >= 4 is 5.69 Å². The van der Waals surface area contributed by atoms with Gasteiger partial charge in [0, 0.05) is 6.07 Å². The number of rotatable bonds is 4. The maximum absolute atomic E-state index is 13.5. The van der Waals surface area contributed by atoms with Crippen LogP contribution >= 0.6 is 0 Å². The van der Waals surface area contributed by atoms with Crippen LogP contribution in [-0.2, 0) is 6.54 Å². The van der Waals surface area contributed by atoms with Gasteiger partial charge in [0.05, 0.1) is 12.2 Å². The average Bonchev–Trinajstić information content (AvgIpc) is 2.87. The Morgan fingerprint density at radius 1 is 1.12 bits per heavy atom. The molecule has 0 fully saturated rings. The zero-order valence-corrected chi connectivity index (χ0v) is 14.1. The first-order chi connectivity index (χ1) is 12.0. The summed E-state index contributed by atoms with van der Waals surface area (Å²) in [4.78, 5) is 0. The second-order valence-electron chi connectivity index (χ2n) is 5.97. The number of hydrogen-bond donors (Lipinski definition) is 1. The number of anilines is 1. The van der Waals surface area contributed by atoms with Gasteiger partial charge in [-0.25, -0.2) is 4.39 Å². The summed E-state index contributed by atoms with van der Waals surface area (Å²) < 4.78 is 21.1. The third-order valence-corrected chi connectivity index (χ3v) is 4.11. The molecule has 0 saturated carbocycles. The van der Waals surface area contributed by atoms with Gasteiger partial charge in [-0.05, 0) is 54.8 Å². The molecule has 3 aromatic rings. The Labute approximate surface area is 145 Å². The molecule has 4 nitrogen and oxygen atoms in total. The van der Waals surface area contributed by atoms with Crippen LogP contribution in [0.15, 0.2) is 48.5 Å². The number of aromatic nitrogens is 1. The molecule has 0 aliphatic carbocycles. The van der Waals surface area contributed by atoms with E-state index in [-0.39, 0.29) is 12.4 Å². The molecule has 0 unspecified atom stereocenters. The predicted molar refractivity (Wildman–Crippen MR) is 95.1 cm³/mol. The summed E-state index contributed by atoms with van der Waals surface area (Å²) >= 11 is 0. The lowest BCUT2D eigenvalue weighted by molar-refractivity contribution is 0.436. The SMILES string of the molecule is Cc1ccc(Oc2c(N)cc(C#N)n2Cc2cccc(F)c2)cc1C. The van der Waals surface area contributed by atoms with Crippen LogP contribution in [0.4, 0.5) is 10.1 Å². The molecule has 0 amide bonds. The third-order valence-electron chi connectivity index (χ3n) is 4.11. The highest BCUT2D eigenvalue weighted by Gasteiger charge is 2.16. The third kappa shape index (κ3) is 3.48. The molecule has 2 aromatic carbocycles. The van der Waals surface area contributed by atoms with Crippen molar-refractivity contribution in [1.29, 1.82) is 5.26 Å². The van der Waals surface area contributed by atoms with Crippen LogP contribution in [0.1, 0.15) is 22.4 Å². The highest BCUT2D eigenvalue weighted by atomic mass is 19.1. The molecular weight excluding hydrogens is 317 g/mol. The molecule has 3 rings (SSSR count). The maximum atomic E-state index is 13.5. The summed E-state index contributed by atoms with van der Waals surface area (Å²) in [5.74, 6) is 0.690. The van der Waals surface area contributed by atoms with Gasteiger partial charge in [0.1, 0.15) is 23.3 Å². The quantitative estimate of drug-likeness (QED) is 0.761. The smallest absolute Gasteiger partial charge is 0.224 e. The summed E-state index contributed by atoms with van der Waals surface area (Å²) in [5.41, 5.74) is 9.75. The average molecular weight is 335 g/mol. The Bertz CT molecular complexity index is 970. The summed E-state index contributed by atoms with van der Waals surface area (Å²) in [6.45, 7) is 4.31. The summed E-state index contributed by atoms with van der Waals surface area (Å²) in [7, 11) is 0. The summed E-state index contributed by atoms with van der Waals surface area (Å²) in [5, 5.41) is 9.38. The largest absolute Gasteiger partial charge is 0.439 e. The molecule has 1 aromatic heterocycles. The maximum Gasteiger partial charge on any atom is 0.224 e. The Hall–Kier alpha value is -3.26. The van der Waals surface area contributed by atoms with Gasteiger partial charge < -0.3 is 10.5 Å². The minimum absolute atomic E-state index is 0.290. The number of nitrogen functional groups attached to an aromatic ring is 1. The van der Waals surface area contributed by atoms with E-state index in [0.29, 0.717) is 23.0 Å². The van der Waals surface area contributed by atoms with E-state index in [1.807, 2.05) is 32.0 Å². The molecule has 1 heterocycles. The van der Waals surface area contributed by atoms with E-state index in [2.05, 4.69) is 6.07 Å². The van der Waals surface area contributed by atoms with E-state index in [9.17, 15) is 9.65 Å². The van der Waals surface area contributed by atoms with Gasteiger partial charge in [-0.3, -0.25) is 4.57 Å². The van der Waals surface area contributed by atoms with Crippen molar-refractivity contribution in [3.05, 3.63) is 76.7 Å². The fraction of sp³-hybridized carbons (Fsp3) is 0.150. The van der Waals surface area contributed by atoms with Crippen LogP contribution in [-0.4, -0.2) is 4.57 Å². The number of ether oxygens (including phenoxy) is 1. The van der Waals surface area contributed by atoms with Gasteiger partial charge in [0.2, 0.25) is 5.88 Å². The standard InChI is InChI=1S/C20H18FN3O/c1-13-6-7-18(8-14(13)2)25-20-19(23)10-17(11-22)24(20)12-15-4-3-5-16(21)9-15/h3-10H,12,23H2,1-2H3. The fourth-order valence-corrected chi connectivity index (χ4v) is 2.62. The first-order valence-electron chi connectivity index (χ1n) is 7.86. The van der Waals surface area contributed by atoms with Crippen LogP contribution < -0.4 is 10.5 Å². The van der Waals surface area contributed by atoms with Gasteiger partial charge in [-0.2, -0.15) is 5.26 Å². The van der Waals surface area contributed by atoms with E-state index in [0.717, 1.165) is 16.7 Å². The number of benzene rings is 2. The molecule has 5 heteroatoms. The zero-order chi connectivity index (χ0) is 18.0. The Kier molecular flexibility index (Phi) is 4.44. The van der Waals surface area contributed by atoms with Gasteiger partial charge in [0.15, 0.2) is 0 Å². The number of nitrogens with zero attached hydrogens (tertiary/aromatic N) is 2. The summed E-state index contributed by atoms with van der Waals surface area (Å²) in [6.07, 6.45) is 0. The van der Waals surface area contributed by atoms with Gasteiger partial charge in [-0.15, -0.1) is 0 Å². The van der Waals surface area contributed by atoms with Gasteiger partial charge in [0.25, 0.3) is 0 Å². The number of nitrogens with two attached hydrogens (primary N) is 1. The van der Waals surface area contributed by atoms with Crippen molar-refractivity contribution in [2.24, 2.45) is 0 Å². The van der Waals surface area contributed by atoms with Crippen molar-refractivity contribution in [2.75, 3.05) is 5.73 Å². The minimum atomic E-state index is -0.326. The molecule has 126 valence electrons. The highest BCUT2D eigenvalue weighted by molar-refractivity contribution is 5.57. The molecular formula is C20H18FN3O. The first-order valence-corrected chi connectivity index (χ1v) is 7.86. The molecule has 0 aliphatic rings. The number of aryl methyl sites for hydroxylation is 2. The molecule has 25 heavy (non-hydrogen) atoms. The second-order valence-corrected chi connectivity index (χ2v) is 5.97. The van der Waals surface area contributed by atoms with Crippen LogP contribution in [0.25, 0.3) is 0 Å². The monoisotopic (exact) mass is 335 g/mol. The minimum Gasteiger partial charge on any atom is -0.439 e. The van der Waals surface area contributed by atoms with E-state index < -0.39 is 0 Å². The van der Waals surface area contributed by atoms with Crippen LogP contribution in [0.2, 0.25) is 0 Å². The molecule has 0 aliphatic heterocycles. The van der Waals surface area contributed by atoms with Crippen LogP contribution in [0.5, 0.6) is 11.6 Å². The van der Waals surface area contributed by atoms with Gasteiger partial charge in [-0.1, -0.05) is 18.2 Å². The molecule has 0 spiro atoms. The Morgan fingerprint density at radius 2 is 1.92 bits per heavy atom. The molecule has 0 atom stereocenters. The topological polar surface area (TPSA) is 64.0 Å². The number of hydrogen-bond acceptors (Lipinski definition) is 3. The normalized spacial score (nSPS) is 10.5. The van der Waals surface area contributed by atoms with E-state index >= 15 is 0 Å². The molecule has 0 bridgehead atoms.